The Bertz CT molecular complexity index is 666. The van der Waals surface area contributed by atoms with Crippen LogP contribution in [0.1, 0.15) is 37.2 Å². The van der Waals surface area contributed by atoms with Crippen LogP contribution in [0.15, 0.2) is 10.9 Å². The van der Waals surface area contributed by atoms with Gasteiger partial charge in [0.15, 0.2) is 17.5 Å². The number of nitrogens with zero attached hydrogens (tertiary/aromatic N) is 6. The molecule has 0 aromatic carbocycles. The Hall–Kier alpha value is -2.09. The molecule has 2 aromatic heterocycles. The van der Waals surface area contributed by atoms with Crippen LogP contribution in [0.4, 0.5) is 10.2 Å². The summed E-state index contributed by atoms with van der Waals surface area (Å²) < 4.78 is 19.4. The first-order chi connectivity index (χ1) is 11.0. The van der Waals surface area contributed by atoms with E-state index in [1.807, 2.05) is 18.7 Å². The van der Waals surface area contributed by atoms with Gasteiger partial charge in [0.05, 0.1) is 12.2 Å². The number of hydrogen-bond donors (Lipinski definition) is 0. The first-order valence-corrected chi connectivity index (χ1v) is 7.81. The van der Waals surface area contributed by atoms with Gasteiger partial charge in [0, 0.05) is 32.1 Å². The highest BCUT2D eigenvalue weighted by Gasteiger charge is 2.23. The third-order valence-corrected chi connectivity index (χ3v) is 3.98. The molecule has 0 unspecified atom stereocenters. The minimum atomic E-state index is -0.334. The van der Waals surface area contributed by atoms with Crippen molar-refractivity contribution >= 4 is 5.82 Å². The summed E-state index contributed by atoms with van der Waals surface area (Å²) in [5, 5.41) is 3.98. The molecule has 3 heterocycles. The Morgan fingerprint density at radius 1 is 1.22 bits per heavy atom. The summed E-state index contributed by atoms with van der Waals surface area (Å²) in [5.41, 5.74) is 0.379. The molecule has 1 aliphatic rings. The van der Waals surface area contributed by atoms with E-state index in [0.29, 0.717) is 37.0 Å². The molecular weight excluding hydrogens is 299 g/mol. The molecule has 0 N–H and O–H groups in total. The molecule has 2 aromatic rings. The van der Waals surface area contributed by atoms with Crippen molar-refractivity contribution in [3.63, 3.8) is 0 Å². The van der Waals surface area contributed by atoms with Crippen LogP contribution < -0.4 is 4.90 Å². The maximum atomic E-state index is 14.1. The van der Waals surface area contributed by atoms with Crippen molar-refractivity contribution in [3.8, 4) is 0 Å². The van der Waals surface area contributed by atoms with E-state index in [4.69, 9.17) is 4.52 Å². The van der Waals surface area contributed by atoms with Crippen LogP contribution in [-0.4, -0.2) is 51.2 Å². The summed E-state index contributed by atoms with van der Waals surface area (Å²) in [7, 11) is 0. The fraction of sp³-hybridized carbons (Fsp3) is 0.600. The van der Waals surface area contributed by atoms with Gasteiger partial charge in [-0.25, -0.2) is 14.4 Å². The Balaban J connectivity index is 1.58. The lowest BCUT2D eigenvalue weighted by Gasteiger charge is -2.34. The highest BCUT2D eigenvalue weighted by molar-refractivity contribution is 5.41. The monoisotopic (exact) mass is 320 g/mol. The second-order valence-corrected chi connectivity index (χ2v) is 6.06. The van der Waals surface area contributed by atoms with Gasteiger partial charge in [-0.15, -0.1) is 0 Å². The smallest absolute Gasteiger partial charge is 0.240 e. The van der Waals surface area contributed by atoms with Gasteiger partial charge in [-0.05, 0) is 6.92 Å². The summed E-state index contributed by atoms with van der Waals surface area (Å²) in [6, 6.07) is 0. The summed E-state index contributed by atoms with van der Waals surface area (Å²) in [6.07, 6.45) is 1.41. The third-order valence-electron chi connectivity index (χ3n) is 3.98. The minimum absolute atomic E-state index is 0.258. The van der Waals surface area contributed by atoms with Crippen molar-refractivity contribution < 1.29 is 8.91 Å². The molecule has 0 spiro atoms. The highest BCUT2D eigenvalue weighted by atomic mass is 19.1. The van der Waals surface area contributed by atoms with E-state index >= 15 is 0 Å². The van der Waals surface area contributed by atoms with E-state index in [1.54, 1.807) is 6.92 Å². The molecule has 1 aliphatic heterocycles. The van der Waals surface area contributed by atoms with E-state index < -0.39 is 0 Å². The van der Waals surface area contributed by atoms with Crippen LogP contribution in [0.5, 0.6) is 0 Å². The van der Waals surface area contributed by atoms with Gasteiger partial charge in [-0.1, -0.05) is 19.0 Å². The Morgan fingerprint density at radius 2 is 1.96 bits per heavy atom. The van der Waals surface area contributed by atoms with Crippen LogP contribution in [0.25, 0.3) is 0 Å². The first-order valence-electron chi connectivity index (χ1n) is 7.81. The minimum Gasteiger partial charge on any atom is -0.352 e. The lowest BCUT2D eigenvalue weighted by Crippen LogP contribution is -2.46. The lowest BCUT2D eigenvalue weighted by molar-refractivity contribution is 0.214. The van der Waals surface area contributed by atoms with Crippen LogP contribution >= 0.6 is 0 Å². The van der Waals surface area contributed by atoms with E-state index in [0.717, 1.165) is 18.9 Å². The van der Waals surface area contributed by atoms with Gasteiger partial charge in [-0.3, -0.25) is 4.90 Å². The number of piperazine rings is 1. The van der Waals surface area contributed by atoms with E-state index in [9.17, 15) is 4.39 Å². The Labute approximate surface area is 134 Å². The maximum absolute atomic E-state index is 14.1. The second kappa shape index (κ2) is 6.57. The lowest BCUT2D eigenvalue weighted by atomic mass is 10.2. The van der Waals surface area contributed by atoms with Crippen LogP contribution in [0, 0.1) is 12.7 Å². The number of rotatable bonds is 4. The summed E-state index contributed by atoms with van der Waals surface area (Å²) >= 11 is 0. The molecular formula is C15H21FN6O. The zero-order valence-corrected chi connectivity index (χ0v) is 13.7. The summed E-state index contributed by atoms with van der Waals surface area (Å²) in [4.78, 5) is 16.5. The molecule has 1 saturated heterocycles. The third kappa shape index (κ3) is 3.47. The van der Waals surface area contributed by atoms with Gasteiger partial charge in [0.2, 0.25) is 5.89 Å². The van der Waals surface area contributed by atoms with Crippen molar-refractivity contribution in [2.75, 3.05) is 31.1 Å². The molecule has 0 amide bonds. The van der Waals surface area contributed by atoms with Crippen LogP contribution in [0.2, 0.25) is 0 Å². The molecule has 7 nitrogen and oxygen atoms in total. The highest BCUT2D eigenvalue weighted by Crippen LogP contribution is 2.19. The van der Waals surface area contributed by atoms with E-state index in [-0.39, 0.29) is 11.7 Å². The van der Waals surface area contributed by atoms with Crippen molar-refractivity contribution in [1.29, 1.82) is 0 Å². The second-order valence-electron chi connectivity index (χ2n) is 6.06. The molecule has 124 valence electrons. The average Bonchev–Trinajstić information content (AvgIpc) is 3.00. The molecule has 0 saturated carbocycles. The fourth-order valence-corrected chi connectivity index (χ4v) is 2.54. The van der Waals surface area contributed by atoms with Gasteiger partial charge in [0.1, 0.15) is 6.33 Å². The zero-order chi connectivity index (χ0) is 16.4. The van der Waals surface area contributed by atoms with E-state index in [1.165, 1.54) is 6.33 Å². The van der Waals surface area contributed by atoms with Crippen LogP contribution in [0.3, 0.4) is 0 Å². The molecule has 23 heavy (non-hydrogen) atoms. The Kier molecular flexibility index (Phi) is 4.51. The predicted molar refractivity (Wildman–Crippen MR) is 82.6 cm³/mol. The van der Waals surface area contributed by atoms with Crippen molar-refractivity contribution in [2.24, 2.45) is 0 Å². The van der Waals surface area contributed by atoms with Crippen molar-refractivity contribution in [1.82, 2.24) is 25.0 Å². The van der Waals surface area contributed by atoms with Gasteiger partial charge >= 0.3 is 0 Å². The predicted octanol–water partition coefficient (Wildman–Crippen LogP) is 1.75. The summed E-state index contributed by atoms with van der Waals surface area (Å²) in [5.74, 6) is 1.67. The van der Waals surface area contributed by atoms with Gasteiger partial charge in [-0.2, -0.15) is 4.98 Å². The van der Waals surface area contributed by atoms with E-state index in [2.05, 4.69) is 25.0 Å². The number of aromatic nitrogens is 4. The largest absolute Gasteiger partial charge is 0.352 e. The number of aryl methyl sites for hydroxylation is 1. The number of halogens is 1. The average molecular weight is 320 g/mol. The summed E-state index contributed by atoms with van der Waals surface area (Å²) in [6.45, 7) is 9.34. The van der Waals surface area contributed by atoms with Crippen molar-refractivity contribution in [2.45, 2.75) is 33.2 Å². The van der Waals surface area contributed by atoms with Gasteiger partial charge in [0.25, 0.3) is 0 Å². The van der Waals surface area contributed by atoms with Crippen LogP contribution in [-0.2, 0) is 6.54 Å². The topological polar surface area (TPSA) is 71.2 Å². The SMILES string of the molecule is Cc1ncnc(N2CCN(Cc3nc(C(C)C)no3)CC2)c1F. The molecule has 0 radical (unpaired) electrons. The maximum Gasteiger partial charge on any atom is 0.240 e. The van der Waals surface area contributed by atoms with Gasteiger partial charge < -0.3 is 9.42 Å². The normalized spacial score (nSPS) is 16.3. The quantitative estimate of drug-likeness (QED) is 0.850. The fourth-order valence-electron chi connectivity index (χ4n) is 2.54. The number of anilines is 1. The first kappa shape index (κ1) is 15.8. The zero-order valence-electron chi connectivity index (χ0n) is 13.7. The molecule has 0 bridgehead atoms. The Morgan fingerprint density at radius 3 is 2.61 bits per heavy atom. The molecule has 3 rings (SSSR count). The number of hydrogen-bond acceptors (Lipinski definition) is 7. The molecule has 1 fully saturated rings. The molecule has 0 atom stereocenters. The standard InChI is InChI=1S/C15H21FN6O/c1-10(2)14-19-12(23-20-14)8-21-4-6-22(7-5-21)15-13(16)11(3)17-9-18-15/h9-10H,4-8H2,1-3H3. The molecule has 8 heteroatoms. The molecule has 0 aliphatic carbocycles. The van der Waals surface area contributed by atoms with Crippen molar-refractivity contribution in [3.05, 3.63) is 29.6 Å².